The molecular formula is C25H20ClN5O3. The molecule has 1 heterocycles. The van der Waals surface area contributed by atoms with Crippen LogP contribution in [0.3, 0.4) is 0 Å². The van der Waals surface area contributed by atoms with Gasteiger partial charge in [-0.05, 0) is 48.5 Å². The van der Waals surface area contributed by atoms with Gasteiger partial charge in [0, 0.05) is 17.3 Å². The van der Waals surface area contributed by atoms with E-state index in [1.807, 2.05) is 54.6 Å². The van der Waals surface area contributed by atoms with E-state index in [4.69, 9.17) is 16.3 Å². The van der Waals surface area contributed by atoms with Crippen LogP contribution in [0.4, 0.5) is 5.69 Å². The van der Waals surface area contributed by atoms with Crippen molar-refractivity contribution in [1.29, 1.82) is 0 Å². The Hall–Kier alpha value is -4.43. The number of hydrazone groups is 1. The summed E-state index contributed by atoms with van der Waals surface area (Å²) in [6.45, 7) is 0. The van der Waals surface area contributed by atoms with Gasteiger partial charge in [-0.3, -0.25) is 9.59 Å². The highest BCUT2D eigenvalue weighted by Gasteiger charge is 2.15. The number of ether oxygens (including phenoxy) is 1. The number of rotatable bonds is 6. The van der Waals surface area contributed by atoms with Crippen LogP contribution in [0.2, 0.25) is 5.02 Å². The van der Waals surface area contributed by atoms with Gasteiger partial charge in [0.05, 0.1) is 29.7 Å². The smallest absolute Gasteiger partial charge is 0.329 e. The fourth-order valence-corrected chi connectivity index (χ4v) is 3.30. The van der Waals surface area contributed by atoms with E-state index in [1.165, 1.54) is 6.21 Å². The van der Waals surface area contributed by atoms with Gasteiger partial charge in [-0.15, -0.1) is 0 Å². The standard InChI is InChI=1S/C25H20ClN5O3/c1-34-20-13-11-17(12-14-20)23-18(16-31(30-23)19-7-3-2-4-8-19)15-27-29-25(33)24(32)28-22-10-6-5-9-21(22)26/h2-16H,1H3,(H,28,32)(H,29,33)/b27-15-. The average molecular weight is 474 g/mol. The Morgan fingerprint density at radius 1 is 0.971 bits per heavy atom. The number of amides is 2. The maximum Gasteiger partial charge on any atom is 0.329 e. The number of halogens is 1. The third-order valence-electron chi connectivity index (χ3n) is 4.82. The number of carbonyl (C=O) groups excluding carboxylic acids is 2. The van der Waals surface area contributed by atoms with Crippen molar-refractivity contribution in [1.82, 2.24) is 15.2 Å². The van der Waals surface area contributed by atoms with E-state index in [1.54, 1.807) is 42.3 Å². The largest absolute Gasteiger partial charge is 0.497 e. The molecule has 4 aromatic rings. The van der Waals surface area contributed by atoms with Crippen LogP contribution in [0, 0.1) is 0 Å². The number of para-hydroxylation sites is 2. The molecule has 9 heteroatoms. The molecule has 0 saturated heterocycles. The molecule has 3 aromatic carbocycles. The molecule has 2 N–H and O–H groups in total. The Labute approximate surface area is 200 Å². The molecule has 0 aliphatic carbocycles. The highest BCUT2D eigenvalue weighted by atomic mass is 35.5. The first-order valence-electron chi connectivity index (χ1n) is 10.2. The zero-order chi connectivity index (χ0) is 23.9. The maximum atomic E-state index is 12.2. The number of aromatic nitrogens is 2. The van der Waals surface area contributed by atoms with Gasteiger partial charge in [-0.1, -0.05) is 41.9 Å². The maximum absolute atomic E-state index is 12.2. The zero-order valence-corrected chi connectivity index (χ0v) is 18.9. The average Bonchev–Trinajstić information content (AvgIpc) is 3.30. The Morgan fingerprint density at radius 3 is 2.38 bits per heavy atom. The lowest BCUT2D eigenvalue weighted by Gasteiger charge is -2.05. The summed E-state index contributed by atoms with van der Waals surface area (Å²) in [5.41, 5.74) is 5.55. The van der Waals surface area contributed by atoms with Crippen molar-refractivity contribution < 1.29 is 14.3 Å². The van der Waals surface area contributed by atoms with Crippen molar-refractivity contribution in [3.63, 3.8) is 0 Å². The minimum absolute atomic E-state index is 0.324. The van der Waals surface area contributed by atoms with E-state index in [9.17, 15) is 9.59 Å². The molecule has 4 rings (SSSR count). The summed E-state index contributed by atoms with van der Waals surface area (Å²) in [6.07, 6.45) is 3.22. The Bertz CT molecular complexity index is 1330. The predicted molar refractivity (Wildman–Crippen MR) is 131 cm³/mol. The van der Waals surface area contributed by atoms with E-state index < -0.39 is 11.8 Å². The predicted octanol–water partition coefficient (Wildman–Crippen LogP) is 4.29. The monoisotopic (exact) mass is 473 g/mol. The van der Waals surface area contributed by atoms with Crippen molar-refractivity contribution in [2.24, 2.45) is 5.10 Å². The molecule has 0 fully saturated rings. The number of benzene rings is 3. The van der Waals surface area contributed by atoms with Crippen LogP contribution in [0.25, 0.3) is 16.9 Å². The second-order valence-electron chi connectivity index (χ2n) is 7.07. The van der Waals surface area contributed by atoms with Crippen molar-refractivity contribution >= 4 is 35.3 Å². The summed E-state index contributed by atoms with van der Waals surface area (Å²) in [5.74, 6) is -1.10. The minimum atomic E-state index is -0.933. The van der Waals surface area contributed by atoms with Gasteiger partial charge in [0.2, 0.25) is 0 Å². The molecule has 0 saturated carbocycles. The molecule has 34 heavy (non-hydrogen) atoms. The quantitative estimate of drug-likeness (QED) is 0.248. The Morgan fingerprint density at radius 2 is 1.68 bits per heavy atom. The van der Waals surface area contributed by atoms with Crippen LogP contribution >= 0.6 is 11.6 Å². The number of anilines is 1. The molecule has 0 aliphatic rings. The topological polar surface area (TPSA) is 97.6 Å². The Kier molecular flexibility index (Phi) is 7.00. The lowest BCUT2D eigenvalue weighted by molar-refractivity contribution is -0.136. The van der Waals surface area contributed by atoms with Gasteiger partial charge in [-0.2, -0.15) is 10.2 Å². The summed E-state index contributed by atoms with van der Waals surface area (Å²) in [5, 5.41) is 11.4. The van der Waals surface area contributed by atoms with Gasteiger partial charge in [-0.25, -0.2) is 10.1 Å². The first-order chi connectivity index (χ1) is 16.5. The summed E-state index contributed by atoms with van der Waals surface area (Å²) in [6, 6.07) is 23.6. The number of methoxy groups -OCH3 is 1. The number of nitrogens with one attached hydrogen (secondary N) is 2. The van der Waals surface area contributed by atoms with Crippen LogP contribution in [-0.2, 0) is 9.59 Å². The minimum Gasteiger partial charge on any atom is -0.497 e. The molecule has 0 atom stereocenters. The van der Waals surface area contributed by atoms with Crippen molar-refractivity contribution in [3.05, 3.63) is 95.6 Å². The Balaban J connectivity index is 1.54. The molecule has 1 aromatic heterocycles. The molecule has 0 aliphatic heterocycles. The molecule has 2 amide bonds. The van der Waals surface area contributed by atoms with Gasteiger partial charge < -0.3 is 10.1 Å². The van der Waals surface area contributed by atoms with Gasteiger partial charge in [0.25, 0.3) is 0 Å². The first-order valence-corrected chi connectivity index (χ1v) is 10.6. The van der Waals surface area contributed by atoms with E-state index in [0.29, 0.717) is 22.0 Å². The van der Waals surface area contributed by atoms with Crippen LogP contribution in [0.1, 0.15) is 5.56 Å². The summed E-state index contributed by atoms with van der Waals surface area (Å²) >= 11 is 6.01. The van der Waals surface area contributed by atoms with E-state index in [0.717, 1.165) is 17.0 Å². The lowest BCUT2D eigenvalue weighted by Crippen LogP contribution is -2.32. The fourth-order valence-electron chi connectivity index (χ4n) is 3.12. The molecule has 0 radical (unpaired) electrons. The molecule has 170 valence electrons. The SMILES string of the molecule is COc1ccc(-c2nn(-c3ccccc3)cc2/C=N\NC(=O)C(=O)Nc2ccccc2Cl)cc1. The second kappa shape index (κ2) is 10.5. The number of hydrogen-bond donors (Lipinski definition) is 2. The lowest BCUT2D eigenvalue weighted by atomic mass is 10.1. The van der Waals surface area contributed by atoms with Gasteiger partial charge >= 0.3 is 11.8 Å². The highest BCUT2D eigenvalue weighted by Crippen LogP contribution is 2.25. The van der Waals surface area contributed by atoms with Crippen molar-refractivity contribution in [2.75, 3.05) is 12.4 Å². The van der Waals surface area contributed by atoms with Crippen molar-refractivity contribution in [2.45, 2.75) is 0 Å². The van der Waals surface area contributed by atoms with Gasteiger partial charge in [0.15, 0.2) is 0 Å². The normalized spacial score (nSPS) is 10.8. The molecule has 0 bridgehead atoms. The highest BCUT2D eigenvalue weighted by molar-refractivity contribution is 6.41. The van der Waals surface area contributed by atoms with Crippen LogP contribution in [0.15, 0.2) is 90.2 Å². The molecule has 8 nitrogen and oxygen atoms in total. The van der Waals surface area contributed by atoms with E-state index >= 15 is 0 Å². The third-order valence-corrected chi connectivity index (χ3v) is 5.15. The van der Waals surface area contributed by atoms with Gasteiger partial charge in [0.1, 0.15) is 11.4 Å². The van der Waals surface area contributed by atoms with E-state index in [-0.39, 0.29) is 0 Å². The van der Waals surface area contributed by atoms with Crippen LogP contribution in [-0.4, -0.2) is 34.9 Å². The third kappa shape index (κ3) is 5.31. The summed E-state index contributed by atoms with van der Waals surface area (Å²) in [7, 11) is 1.60. The molecule has 0 unspecified atom stereocenters. The first kappa shape index (κ1) is 22.8. The number of nitrogens with zero attached hydrogens (tertiary/aromatic N) is 3. The second-order valence-corrected chi connectivity index (χ2v) is 7.48. The molecule has 0 spiro atoms. The molecular weight excluding hydrogens is 454 g/mol. The van der Waals surface area contributed by atoms with Crippen molar-refractivity contribution in [3.8, 4) is 22.7 Å². The van der Waals surface area contributed by atoms with Crippen LogP contribution in [0.5, 0.6) is 5.75 Å². The van der Waals surface area contributed by atoms with Crippen LogP contribution < -0.4 is 15.5 Å². The summed E-state index contributed by atoms with van der Waals surface area (Å²) < 4.78 is 6.94. The number of carbonyl (C=O) groups is 2. The number of hydrogen-bond acceptors (Lipinski definition) is 5. The fraction of sp³-hybridized carbons (Fsp3) is 0.0400. The van der Waals surface area contributed by atoms with E-state index in [2.05, 4.69) is 20.9 Å². The zero-order valence-electron chi connectivity index (χ0n) is 18.1. The summed E-state index contributed by atoms with van der Waals surface area (Å²) in [4.78, 5) is 24.3.